The Balaban J connectivity index is 0.00000338. The molecule has 6 heteroatoms. The lowest BCUT2D eigenvalue weighted by atomic mass is 10.1. The van der Waals surface area contributed by atoms with Gasteiger partial charge in [-0.25, -0.2) is 0 Å². The number of nitrogens with zero attached hydrogens (tertiary/aromatic N) is 2. The molecule has 1 aliphatic rings. The van der Waals surface area contributed by atoms with Crippen molar-refractivity contribution in [1.82, 2.24) is 15.5 Å². The van der Waals surface area contributed by atoms with Crippen LogP contribution in [0.2, 0.25) is 0 Å². The van der Waals surface area contributed by atoms with E-state index in [1.807, 2.05) is 7.05 Å². The van der Waals surface area contributed by atoms with Crippen molar-refractivity contribution in [2.75, 3.05) is 33.8 Å². The number of rotatable bonds is 7. The predicted octanol–water partition coefficient (Wildman–Crippen LogP) is 3.41. The standard InChI is InChI=1S/C20H34N4O.HI/c1-15(2)14-24-10-6-7-18(24)13-23-20(21-4)22-12-17-9-8-16(3)11-19(17)25-5;/h8-9,11,15,18H,6-7,10,12-14H2,1-5H3,(H2,21,22,23);1H/t18-;/m1./s1. The van der Waals surface area contributed by atoms with E-state index in [9.17, 15) is 0 Å². The summed E-state index contributed by atoms with van der Waals surface area (Å²) in [5.41, 5.74) is 2.34. The maximum absolute atomic E-state index is 5.48. The van der Waals surface area contributed by atoms with E-state index in [0.29, 0.717) is 18.5 Å². The first kappa shape index (κ1) is 23.0. The number of benzene rings is 1. The van der Waals surface area contributed by atoms with Gasteiger partial charge in [0.2, 0.25) is 0 Å². The zero-order valence-corrected chi connectivity index (χ0v) is 19.2. The summed E-state index contributed by atoms with van der Waals surface area (Å²) in [5.74, 6) is 2.48. The van der Waals surface area contributed by atoms with E-state index in [1.165, 1.54) is 31.5 Å². The van der Waals surface area contributed by atoms with E-state index < -0.39 is 0 Å². The number of likely N-dealkylation sites (tertiary alicyclic amines) is 1. The van der Waals surface area contributed by atoms with Crippen molar-refractivity contribution in [2.45, 2.75) is 46.2 Å². The lowest BCUT2D eigenvalue weighted by Crippen LogP contribution is -2.45. The van der Waals surface area contributed by atoms with Gasteiger partial charge in [-0.1, -0.05) is 26.0 Å². The molecule has 5 nitrogen and oxygen atoms in total. The van der Waals surface area contributed by atoms with Crippen molar-refractivity contribution in [3.8, 4) is 5.75 Å². The van der Waals surface area contributed by atoms with Gasteiger partial charge in [-0.2, -0.15) is 0 Å². The van der Waals surface area contributed by atoms with Crippen molar-refractivity contribution >= 4 is 29.9 Å². The minimum Gasteiger partial charge on any atom is -0.496 e. The van der Waals surface area contributed by atoms with E-state index in [1.54, 1.807) is 7.11 Å². The van der Waals surface area contributed by atoms with Crippen LogP contribution in [0, 0.1) is 12.8 Å². The van der Waals surface area contributed by atoms with Crippen molar-refractivity contribution in [1.29, 1.82) is 0 Å². The van der Waals surface area contributed by atoms with Crippen LogP contribution in [0.3, 0.4) is 0 Å². The molecule has 148 valence electrons. The van der Waals surface area contributed by atoms with Gasteiger partial charge >= 0.3 is 0 Å². The highest BCUT2D eigenvalue weighted by Gasteiger charge is 2.24. The fourth-order valence-corrected chi connectivity index (χ4v) is 3.45. The van der Waals surface area contributed by atoms with Gasteiger partial charge in [-0.15, -0.1) is 24.0 Å². The predicted molar refractivity (Wildman–Crippen MR) is 121 cm³/mol. The minimum atomic E-state index is 0. The number of guanidine groups is 1. The van der Waals surface area contributed by atoms with E-state index in [2.05, 4.69) is 59.5 Å². The van der Waals surface area contributed by atoms with Crippen LogP contribution in [0.15, 0.2) is 23.2 Å². The molecule has 0 unspecified atom stereocenters. The van der Waals surface area contributed by atoms with Crippen LogP contribution in [0.5, 0.6) is 5.75 Å². The smallest absolute Gasteiger partial charge is 0.191 e. The molecule has 2 rings (SSSR count). The van der Waals surface area contributed by atoms with Gasteiger partial charge in [0.25, 0.3) is 0 Å². The van der Waals surface area contributed by atoms with Crippen molar-refractivity contribution < 1.29 is 4.74 Å². The van der Waals surface area contributed by atoms with E-state index in [-0.39, 0.29) is 24.0 Å². The molecule has 1 aliphatic heterocycles. The lowest BCUT2D eigenvalue weighted by Gasteiger charge is -2.27. The van der Waals surface area contributed by atoms with Crippen LogP contribution < -0.4 is 15.4 Å². The number of hydrogen-bond donors (Lipinski definition) is 2. The quantitative estimate of drug-likeness (QED) is 0.362. The van der Waals surface area contributed by atoms with Gasteiger partial charge in [-0.05, 0) is 43.9 Å². The van der Waals surface area contributed by atoms with Crippen molar-refractivity contribution in [3.05, 3.63) is 29.3 Å². The molecule has 0 bridgehead atoms. The highest BCUT2D eigenvalue weighted by Crippen LogP contribution is 2.20. The molecule has 1 heterocycles. The molecule has 1 aromatic rings. The number of hydrogen-bond acceptors (Lipinski definition) is 3. The minimum absolute atomic E-state index is 0. The molecule has 0 spiro atoms. The van der Waals surface area contributed by atoms with Crippen LogP contribution >= 0.6 is 24.0 Å². The summed E-state index contributed by atoms with van der Waals surface area (Å²) < 4.78 is 5.48. The van der Waals surface area contributed by atoms with Crippen molar-refractivity contribution in [3.63, 3.8) is 0 Å². The second kappa shape index (κ2) is 11.6. The normalized spacial score (nSPS) is 17.9. The van der Waals surface area contributed by atoms with Gasteiger partial charge in [-0.3, -0.25) is 9.89 Å². The third-order valence-electron chi connectivity index (χ3n) is 4.72. The molecule has 0 saturated carbocycles. The van der Waals surface area contributed by atoms with Gasteiger partial charge in [0.05, 0.1) is 7.11 Å². The second-order valence-electron chi connectivity index (χ2n) is 7.31. The Bertz CT molecular complexity index is 577. The van der Waals surface area contributed by atoms with Crippen LogP contribution in [0.1, 0.15) is 37.8 Å². The Morgan fingerprint density at radius 2 is 2.12 bits per heavy atom. The number of nitrogens with one attached hydrogen (secondary N) is 2. The summed E-state index contributed by atoms with van der Waals surface area (Å²) >= 11 is 0. The third-order valence-corrected chi connectivity index (χ3v) is 4.72. The molecule has 0 aliphatic carbocycles. The van der Waals surface area contributed by atoms with Crippen molar-refractivity contribution in [2.24, 2.45) is 10.9 Å². The third kappa shape index (κ3) is 6.95. The molecule has 1 aromatic carbocycles. The molecule has 1 fully saturated rings. The monoisotopic (exact) mass is 474 g/mol. The first-order chi connectivity index (χ1) is 12.0. The Morgan fingerprint density at radius 1 is 1.35 bits per heavy atom. The number of ether oxygens (including phenoxy) is 1. The van der Waals surface area contributed by atoms with Gasteiger partial charge in [0.1, 0.15) is 5.75 Å². The number of aliphatic imine (C=N–C) groups is 1. The Hall–Kier alpha value is -1.02. The lowest BCUT2D eigenvalue weighted by molar-refractivity contribution is 0.226. The fourth-order valence-electron chi connectivity index (χ4n) is 3.45. The molecule has 2 N–H and O–H groups in total. The molecule has 0 aromatic heterocycles. The van der Waals surface area contributed by atoms with Crippen LogP contribution in [0.25, 0.3) is 0 Å². The van der Waals surface area contributed by atoms with Gasteiger partial charge < -0.3 is 15.4 Å². The topological polar surface area (TPSA) is 48.9 Å². The average Bonchev–Trinajstić information content (AvgIpc) is 3.02. The molecular weight excluding hydrogens is 439 g/mol. The zero-order valence-electron chi connectivity index (χ0n) is 16.8. The summed E-state index contributed by atoms with van der Waals surface area (Å²) in [6.45, 7) is 10.7. The molecule has 1 atom stereocenters. The maximum atomic E-state index is 5.48. The fraction of sp³-hybridized carbons (Fsp3) is 0.650. The molecule has 0 amide bonds. The van der Waals surface area contributed by atoms with Crippen LogP contribution in [0.4, 0.5) is 0 Å². The van der Waals surface area contributed by atoms with Crippen LogP contribution in [-0.4, -0.2) is 50.7 Å². The highest BCUT2D eigenvalue weighted by atomic mass is 127. The summed E-state index contributed by atoms with van der Waals surface area (Å²) in [6, 6.07) is 6.89. The van der Waals surface area contributed by atoms with Gasteiger partial charge in [0.15, 0.2) is 5.96 Å². The first-order valence-electron chi connectivity index (χ1n) is 9.35. The number of methoxy groups -OCH3 is 1. The molecule has 0 radical (unpaired) electrons. The zero-order chi connectivity index (χ0) is 18.2. The van der Waals surface area contributed by atoms with E-state index >= 15 is 0 Å². The highest BCUT2D eigenvalue weighted by molar-refractivity contribution is 14.0. The number of halogens is 1. The summed E-state index contributed by atoms with van der Waals surface area (Å²) in [7, 11) is 3.54. The first-order valence-corrected chi connectivity index (χ1v) is 9.35. The molecule has 26 heavy (non-hydrogen) atoms. The largest absolute Gasteiger partial charge is 0.496 e. The summed E-state index contributed by atoms with van der Waals surface area (Å²) in [4.78, 5) is 6.96. The average molecular weight is 474 g/mol. The Kier molecular flexibility index (Phi) is 10.3. The molecular formula is C20H35IN4O. The summed E-state index contributed by atoms with van der Waals surface area (Å²) in [6.07, 6.45) is 2.56. The van der Waals surface area contributed by atoms with Crippen LogP contribution in [-0.2, 0) is 6.54 Å². The molecule has 1 saturated heterocycles. The van der Waals surface area contributed by atoms with E-state index in [0.717, 1.165) is 23.8 Å². The van der Waals surface area contributed by atoms with Gasteiger partial charge in [0, 0.05) is 38.3 Å². The SMILES string of the molecule is CN=C(NCc1ccc(C)cc1OC)NC[C@H]1CCCN1CC(C)C.I. The maximum Gasteiger partial charge on any atom is 0.191 e. The number of aryl methyl sites for hydroxylation is 1. The Morgan fingerprint density at radius 3 is 2.77 bits per heavy atom. The Labute approximate surface area is 176 Å². The van der Waals surface area contributed by atoms with E-state index in [4.69, 9.17) is 4.74 Å². The second-order valence-corrected chi connectivity index (χ2v) is 7.31. The summed E-state index contributed by atoms with van der Waals surface area (Å²) in [5, 5.41) is 6.89.